The van der Waals surface area contributed by atoms with Crippen LogP contribution in [0, 0.1) is 35.5 Å². The first kappa shape index (κ1) is 13.1. The molecule has 112 valence electrons. The van der Waals surface area contributed by atoms with Gasteiger partial charge in [-0.25, -0.2) is 0 Å². The van der Waals surface area contributed by atoms with E-state index in [1.807, 2.05) is 0 Å². The standard InChI is InChI=1S/C17H28N2O/c18-9-13(10-4-2-1-3-5-10)19-17(20)16-14-11-6-7-12(8-11)15(14)16/h10-16H,1-9,18H2,(H,19,20). The zero-order valence-corrected chi connectivity index (χ0v) is 12.4. The smallest absolute Gasteiger partial charge is 0.223 e. The van der Waals surface area contributed by atoms with E-state index < -0.39 is 0 Å². The van der Waals surface area contributed by atoms with Crippen molar-refractivity contribution in [2.75, 3.05) is 6.54 Å². The Labute approximate surface area is 122 Å². The summed E-state index contributed by atoms with van der Waals surface area (Å²) in [6.07, 6.45) is 10.7. The molecule has 4 aliphatic carbocycles. The number of fused-ring (bicyclic) bond motifs is 5. The maximum Gasteiger partial charge on any atom is 0.223 e. The van der Waals surface area contributed by atoms with Gasteiger partial charge in [0.2, 0.25) is 5.91 Å². The number of carbonyl (C=O) groups excluding carboxylic acids is 1. The van der Waals surface area contributed by atoms with Crippen molar-refractivity contribution in [1.29, 1.82) is 0 Å². The Bertz CT molecular complexity index is 374. The lowest BCUT2D eigenvalue weighted by atomic mass is 9.83. The fourth-order valence-corrected chi connectivity index (χ4v) is 5.86. The number of hydrogen-bond acceptors (Lipinski definition) is 2. The van der Waals surface area contributed by atoms with Gasteiger partial charge in [0.1, 0.15) is 0 Å². The van der Waals surface area contributed by atoms with Crippen molar-refractivity contribution < 1.29 is 4.79 Å². The molecule has 0 heterocycles. The molecule has 20 heavy (non-hydrogen) atoms. The number of rotatable bonds is 4. The first-order chi connectivity index (χ1) is 9.79. The van der Waals surface area contributed by atoms with Crippen LogP contribution in [0.5, 0.6) is 0 Å². The van der Waals surface area contributed by atoms with E-state index in [0.717, 1.165) is 23.7 Å². The molecule has 0 saturated heterocycles. The second kappa shape index (κ2) is 5.01. The fourth-order valence-electron chi connectivity index (χ4n) is 5.86. The Hall–Kier alpha value is -0.570. The van der Waals surface area contributed by atoms with Gasteiger partial charge in [-0.1, -0.05) is 19.3 Å². The number of hydrogen-bond donors (Lipinski definition) is 2. The van der Waals surface area contributed by atoms with Crippen LogP contribution in [0.2, 0.25) is 0 Å². The molecular formula is C17H28N2O. The Balaban J connectivity index is 1.35. The molecule has 4 rings (SSSR count). The quantitative estimate of drug-likeness (QED) is 0.828. The van der Waals surface area contributed by atoms with Crippen molar-refractivity contribution in [2.24, 2.45) is 41.2 Å². The van der Waals surface area contributed by atoms with Gasteiger partial charge in [0, 0.05) is 18.5 Å². The molecule has 0 aromatic rings. The van der Waals surface area contributed by atoms with Crippen molar-refractivity contribution in [2.45, 2.75) is 57.4 Å². The molecule has 3 N–H and O–H groups in total. The lowest BCUT2D eigenvalue weighted by Crippen LogP contribution is -2.47. The van der Waals surface area contributed by atoms with Gasteiger partial charge in [-0.3, -0.25) is 4.79 Å². The first-order valence-electron chi connectivity index (χ1n) is 8.80. The van der Waals surface area contributed by atoms with E-state index in [9.17, 15) is 4.79 Å². The summed E-state index contributed by atoms with van der Waals surface area (Å²) in [6.45, 7) is 0.616. The average Bonchev–Trinajstić information content (AvgIpc) is 2.94. The molecule has 4 aliphatic rings. The van der Waals surface area contributed by atoms with Crippen LogP contribution in [0.4, 0.5) is 0 Å². The van der Waals surface area contributed by atoms with Gasteiger partial charge in [0.05, 0.1) is 0 Å². The SMILES string of the molecule is NCC(NC(=O)C1C2C3CCC(C3)C12)C1CCCCC1. The highest BCUT2D eigenvalue weighted by molar-refractivity contribution is 5.83. The third-order valence-corrected chi connectivity index (χ3v) is 6.84. The van der Waals surface area contributed by atoms with Crippen LogP contribution < -0.4 is 11.1 Å². The Morgan fingerprint density at radius 3 is 2.30 bits per heavy atom. The van der Waals surface area contributed by atoms with Gasteiger partial charge in [-0.2, -0.15) is 0 Å². The lowest BCUT2D eigenvalue weighted by Gasteiger charge is -2.30. The summed E-state index contributed by atoms with van der Waals surface area (Å²) in [7, 11) is 0. The van der Waals surface area contributed by atoms with E-state index >= 15 is 0 Å². The minimum Gasteiger partial charge on any atom is -0.352 e. The average molecular weight is 276 g/mol. The molecule has 5 unspecified atom stereocenters. The van der Waals surface area contributed by atoms with Crippen molar-refractivity contribution in [1.82, 2.24) is 5.32 Å². The van der Waals surface area contributed by atoms with E-state index in [-0.39, 0.29) is 6.04 Å². The largest absolute Gasteiger partial charge is 0.352 e. The summed E-state index contributed by atoms with van der Waals surface area (Å²) in [5.41, 5.74) is 5.94. The molecule has 3 heteroatoms. The monoisotopic (exact) mass is 276 g/mol. The Kier molecular flexibility index (Phi) is 3.29. The normalized spacial score (nSPS) is 44.1. The van der Waals surface area contributed by atoms with Crippen molar-refractivity contribution in [3.63, 3.8) is 0 Å². The lowest BCUT2D eigenvalue weighted by molar-refractivity contribution is -0.124. The molecule has 0 aromatic heterocycles. The van der Waals surface area contributed by atoms with Gasteiger partial charge in [-0.05, 0) is 61.7 Å². The van der Waals surface area contributed by atoms with Crippen molar-refractivity contribution in [3.05, 3.63) is 0 Å². The van der Waals surface area contributed by atoms with Gasteiger partial charge in [0.15, 0.2) is 0 Å². The summed E-state index contributed by atoms with van der Waals surface area (Å²) in [5, 5.41) is 3.33. The van der Waals surface area contributed by atoms with Gasteiger partial charge in [0.25, 0.3) is 0 Å². The summed E-state index contributed by atoms with van der Waals surface area (Å²) in [4.78, 5) is 12.6. The maximum atomic E-state index is 12.6. The summed E-state index contributed by atoms with van der Waals surface area (Å²) >= 11 is 0. The molecule has 2 bridgehead atoms. The van der Waals surface area contributed by atoms with Gasteiger partial charge in [-0.15, -0.1) is 0 Å². The van der Waals surface area contributed by atoms with Crippen molar-refractivity contribution >= 4 is 5.91 Å². The second-order valence-corrected chi connectivity index (χ2v) is 7.76. The Morgan fingerprint density at radius 2 is 1.70 bits per heavy atom. The van der Waals surface area contributed by atoms with Crippen molar-refractivity contribution in [3.8, 4) is 0 Å². The minimum atomic E-state index is 0.238. The predicted molar refractivity (Wildman–Crippen MR) is 78.9 cm³/mol. The van der Waals surface area contributed by atoms with E-state index in [1.54, 1.807) is 0 Å². The molecule has 5 atom stereocenters. The third kappa shape index (κ3) is 2.01. The fraction of sp³-hybridized carbons (Fsp3) is 0.941. The topological polar surface area (TPSA) is 55.1 Å². The second-order valence-electron chi connectivity index (χ2n) is 7.76. The van der Waals surface area contributed by atoms with E-state index in [1.165, 1.54) is 51.4 Å². The minimum absolute atomic E-state index is 0.238. The Morgan fingerprint density at radius 1 is 1.05 bits per heavy atom. The molecule has 0 aromatic carbocycles. The molecule has 1 amide bonds. The third-order valence-electron chi connectivity index (χ3n) is 6.84. The van der Waals surface area contributed by atoms with E-state index in [4.69, 9.17) is 5.73 Å². The number of nitrogens with two attached hydrogens (primary N) is 1. The first-order valence-corrected chi connectivity index (χ1v) is 8.80. The highest BCUT2D eigenvalue weighted by Crippen LogP contribution is 2.69. The summed E-state index contributed by atoms with van der Waals surface area (Å²) in [6, 6.07) is 0.238. The highest BCUT2D eigenvalue weighted by atomic mass is 16.2. The number of amides is 1. The predicted octanol–water partition coefficient (Wildman–Crippen LogP) is 2.30. The molecule has 0 spiro atoms. The zero-order chi connectivity index (χ0) is 13.7. The van der Waals surface area contributed by atoms with Crippen LogP contribution in [-0.2, 0) is 4.79 Å². The van der Waals surface area contributed by atoms with E-state index in [2.05, 4.69) is 5.32 Å². The highest BCUT2D eigenvalue weighted by Gasteiger charge is 2.67. The molecular weight excluding hydrogens is 248 g/mol. The molecule has 4 fully saturated rings. The van der Waals surface area contributed by atoms with Gasteiger partial charge < -0.3 is 11.1 Å². The maximum absolute atomic E-state index is 12.6. The van der Waals surface area contributed by atoms with Crippen LogP contribution in [0.25, 0.3) is 0 Å². The van der Waals surface area contributed by atoms with Gasteiger partial charge >= 0.3 is 0 Å². The molecule has 0 aliphatic heterocycles. The van der Waals surface area contributed by atoms with Crippen LogP contribution >= 0.6 is 0 Å². The van der Waals surface area contributed by atoms with E-state index in [0.29, 0.717) is 24.3 Å². The van der Waals surface area contributed by atoms with Crippen LogP contribution in [0.3, 0.4) is 0 Å². The number of carbonyl (C=O) groups is 1. The molecule has 0 radical (unpaired) electrons. The zero-order valence-electron chi connectivity index (χ0n) is 12.4. The van der Waals surface area contributed by atoms with Crippen LogP contribution in [0.1, 0.15) is 51.4 Å². The molecule has 4 saturated carbocycles. The molecule has 3 nitrogen and oxygen atoms in total. The number of nitrogens with one attached hydrogen (secondary N) is 1. The van der Waals surface area contributed by atoms with Crippen LogP contribution in [0.15, 0.2) is 0 Å². The summed E-state index contributed by atoms with van der Waals surface area (Å²) < 4.78 is 0. The van der Waals surface area contributed by atoms with Crippen LogP contribution in [-0.4, -0.2) is 18.5 Å². The summed E-state index contributed by atoms with van der Waals surface area (Å²) in [5.74, 6) is 4.60.